The standard InChI is InChI=1S/C23H28BrN3O7/c1-11-14(24)5-4-6-15(11)27-23-12-8-17(33-2)13(7-16(12)25-10-26-23)19(29)21(31)22(32)20(30)18(9-28)34-3/h4-8,10,18-22,28-32H,9H2,1-3H3,(H,25,26,27)/t18-,19?,20+,21-,22-/m0/s1. The molecule has 3 rings (SSSR count). The highest BCUT2D eigenvalue weighted by Crippen LogP contribution is 2.36. The average Bonchev–Trinajstić information content (AvgIpc) is 2.85. The van der Waals surface area contributed by atoms with Crippen LogP contribution < -0.4 is 10.1 Å². The number of benzene rings is 2. The monoisotopic (exact) mass is 537 g/mol. The number of nitrogens with one attached hydrogen (secondary N) is 1. The molecule has 1 unspecified atom stereocenters. The number of hydrogen-bond acceptors (Lipinski definition) is 10. The molecule has 0 bridgehead atoms. The Bertz CT molecular complexity index is 1130. The first-order chi connectivity index (χ1) is 16.2. The van der Waals surface area contributed by atoms with Gasteiger partial charge in [-0.3, -0.25) is 0 Å². The van der Waals surface area contributed by atoms with Crippen molar-refractivity contribution in [3.8, 4) is 5.75 Å². The van der Waals surface area contributed by atoms with E-state index in [-0.39, 0.29) is 11.3 Å². The number of aliphatic hydroxyl groups excluding tert-OH is 5. The van der Waals surface area contributed by atoms with Crippen LogP contribution in [-0.4, -0.2) is 80.7 Å². The number of aliphatic hydroxyl groups is 5. The summed E-state index contributed by atoms with van der Waals surface area (Å²) >= 11 is 3.51. The van der Waals surface area contributed by atoms with Gasteiger partial charge in [0.2, 0.25) is 0 Å². The van der Waals surface area contributed by atoms with Crippen LogP contribution in [0.25, 0.3) is 10.9 Å². The molecular weight excluding hydrogens is 510 g/mol. The fraction of sp³-hybridized carbons (Fsp3) is 0.391. The van der Waals surface area contributed by atoms with Crippen LogP contribution in [0.3, 0.4) is 0 Å². The summed E-state index contributed by atoms with van der Waals surface area (Å²) in [6.45, 7) is 1.37. The van der Waals surface area contributed by atoms with Gasteiger partial charge in [-0.2, -0.15) is 0 Å². The second-order valence-corrected chi connectivity index (χ2v) is 8.60. The van der Waals surface area contributed by atoms with Crippen molar-refractivity contribution in [2.24, 2.45) is 0 Å². The molecule has 0 aliphatic heterocycles. The van der Waals surface area contributed by atoms with Crippen molar-refractivity contribution < 1.29 is 35.0 Å². The maximum absolute atomic E-state index is 10.8. The van der Waals surface area contributed by atoms with Crippen LogP contribution in [0.1, 0.15) is 17.2 Å². The summed E-state index contributed by atoms with van der Waals surface area (Å²) in [5, 5.41) is 55.0. The van der Waals surface area contributed by atoms with Gasteiger partial charge in [-0.15, -0.1) is 0 Å². The highest BCUT2D eigenvalue weighted by Gasteiger charge is 2.36. The molecule has 11 heteroatoms. The Balaban J connectivity index is 1.97. The Hall–Kier alpha value is -2.38. The summed E-state index contributed by atoms with van der Waals surface area (Å²) in [5.74, 6) is 0.724. The SMILES string of the molecule is COc1cc2c(Nc3cccc(Br)c3C)ncnc2cc1C(O)[C@H](O)[C@@H](O)[C@H](O)[C@H](CO)OC. The number of anilines is 2. The summed E-state index contributed by atoms with van der Waals surface area (Å²) in [6.07, 6.45) is -6.68. The van der Waals surface area contributed by atoms with Gasteiger partial charge in [-0.1, -0.05) is 22.0 Å². The van der Waals surface area contributed by atoms with Gasteiger partial charge in [0, 0.05) is 28.2 Å². The van der Waals surface area contributed by atoms with E-state index in [1.54, 1.807) is 6.07 Å². The van der Waals surface area contributed by atoms with Gasteiger partial charge in [0.15, 0.2) is 0 Å². The van der Waals surface area contributed by atoms with E-state index in [0.29, 0.717) is 16.7 Å². The van der Waals surface area contributed by atoms with Crippen molar-refractivity contribution in [2.45, 2.75) is 37.4 Å². The van der Waals surface area contributed by atoms with E-state index < -0.39 is 37.1 Å². The quantitative estimate of drug-likeness (QED) is 0.224. The van der Waals surface area contributed by atoms with E-state index in [4.69, 9.17) is 9.47 Å². The summed E-state index contributed by atoms with van der Waals surface area (Å²) in [6, 6.07) is 8.86. The van der Waals surface area contributed by atoms with Gasteiger partial charge in [-0.05, 0) is 36.8 Å². The average molecular weight is 538 g/mol. The molecule has 0 aliphatic carbocycles. The fourth-order valence-electron chi connectivity index (χ4n) is 3.59. The number of hydrogen-bond donors (Lipinski definition) is 6. The lowest BCUT2D eigenvalue weighted by Gasteiger charge is -2.30. The summed E-state index contributed by atoms with van der Waals surface area (Å²) in [5.41, 5.74) is 2.42. The second-order valence-electron chi connectivity index (χ2n) is 7.74. The van der Waals surface area contributed by atoms with Crippen LogP contribution in [0.15, 0.2) is 41.1 Å². The lowest BCUT2D eigenvalue weighted by molar-refractivity contribution is -0.148. The molecule has 10 nitrogen and oxygen atoms in total. The number of fused-ring (bicyclic) bond motifs is 1. The predicted molar refractivity (Wildman–Crippen MR) is 129 cm³/mol. The van der Waals surface area contributed by atoms with Crippen LogP contribution >= 0.6 is 15.9 Å². The molecule has 2 aromatic carbocycles. The van der Waals surface area contributed by atoms with Gasteiger partial charge >= 0.3 is 0 Å². The van der Waals surface area contributed by atoms with E-state index in [1.807, 2.05) is 25.1 Å². The van der Waals surface area contributed by atoms with Crippen LogP contribution in [0, 0.1) is 6.92 Å². The molecule has 5 atom stereocenters. The number of nitrogens with zero attached hydrogens (tertiary/aromatic N) is 2. The maximum Gasteiger partial charge on any atom is 0.141 e. The molecule has 1 aromatic heterocycles. The van der Waals surface area contributed by atoms with Crippen LogP contribution in [0.4, 0.5) is 11.5 Å². The zero-order valence-corrected chi connectivity index (χ0v) is 20.5. The lowest BCUT2D eigenvalue weighted by atomic mass is 9.94. The number of halogens is 1. The summed E-state index contributed by atoms with van der Waals surface area (Å²) in [4.78, 5) is 8.59. The van der Waals surface area contributed by atoms with Crippen LogP contribution in [0.2, 0.25) is 0 Å². The minimum atomic E-state index is -1.81. The third-order valence-electron chi connectivity index (χ3n) is 5.71. The largest absolute Gasteiger partial charge is 0.496 e. The zero-order valence-electron chi connectivity index (χ0n) is 18.9. The first-order valence-corrected chi connectivity index (χ1v) is 11.2. The summed E-state index contributed by atoms with van der Waals surface area (Å²) in [7, 11) is 2.64. The normalized spacial score (nSPS) is 16.0. The predicted octanol–water partition coefficient (Wildman–Crippen LogP) is 1.58. The van der Waals surface area contributed by atoms with Gasteiger partial charge in [-0.25, -0.2) is 9.97 Å². The third-order valence-corrected chi connectivity index (χ3v) is 6.57. The number of aromatic nitrogens is 2. The highest BCUT2D eigenvalue weighted by atomic mass is 79.9. The van der Waals surface area contributed by atoms with Gasteiger partial charge < -0.3 is 40.3 Å². The van der Waals surface area contributed by atoms with Crippen LogP contribution in [0.5, 0.6) is 5.75 Å². The molecule has 0 saturated carbocycles. The zero-order chi connectivity index (χ0) is 25.0. The maximum atomic E-state index is 10.8. The molecular formula is C23H28BrN3O7. The Morgan fingerprint density at radius 3 is 2.41 bits per heavy atom. The molecule has 6 N–H and O–H groups in total. The topological polar surface area (TPSA) is 157 Å². The van der Waals surface area contributed by atoms with Gasteiger partial charge in [0.25, 0.3) is 0 Å². The van der Waals surface area contributed by atoms with Crippen molar-refractivity contribution in [1.29, 1.82) is 0 Å². The van der Waals surface area contributed by atoms with E-state index >= 15 is 0 Å². The first kappa shape index (κ1) is 26.2. The Labute approximate surface area is 205 Å². The number of rotatable bonds is 10. The molecule has 0 spiro atoms. The lowest BCUT2D eigenvalue weighted by Crippen LogP contribution is -2.48. The van der Waals surface area contributed by atoms with E-state index in [0.717, 1.165) is 15.7 Å². The smallest absolute Gasteiger partial charge is 0.141 e. The fourth-order valence-corrected chi connectivity index (χ4v) is 3.96. The second kappa shape index (κ2) is 11.4. The Morgan fingerprint density at radius 2 is 1.76 bits per heavy atom. The molecule has 3 aromatic rings. The van der Waals surface area contributed by atoms with Crippen molar-refractivity contribution in [1.82, 2.24) is 9.97 Å². The van der Waals surface area contributed by atoms with E-state index in [2.05, 4.69) is 31.2 Å². The Morgan fingerprint density at radius 1 is 1.03 bits per heavy atom. The van der Waals surface area contributed by atoms with Crippen LogP contribution in [-0.2, 0) is 4.74 Å². The minimum absolute atomic E-state index is 0.148. The molecule has 0 aliphatic rings. The van der Waals surface area contributed by atoms with Gasteiger partial charge in [0.1, 0.15) is 48.4 Å². The van der Waals surface area contributed by atoms with E-state index in [9.17, 15) is 25.5 Å². The molecule has 0 radical (unpaired) electrons. The number of ether oxygens (including phenoxy) is 2. The first-order valence-electron chi connectivity index (χ1n) is 10.4. The molecule has 1 heterocycles. The third kappa shape index (κ3) is 5.31. The highest BCUT2D eigenvalue weighted by molar-refractivity contribution is 9.10. The van der Waals surface area contributed by atoms with E-state index in [1.165, 1.54) is 26.6 Å². The molecule has 0 amide bonds. The Kier molecular flexibility index (Phi) is 8.77. The molecule has 0 fully saturated rings. The minimum Gasteiger partial charge on any atom is -0.496 e. The van der Waals surface area contributed by atoms with Gasteiger partial charge in [0.05, 0.1) is 19.2 Å². The van der Waals surface area contributed by atoms with Crippen molar-refractivity contribution in [3.63, 3.8) is 0 Å². The van der Waals surface area contributed by atoms with Crippen molar-refractivity contribution >= 4 is 38.3 Å². The molecule has 184 valence electrons. The number of methoxy groups -OCH3 is 2. The molecule has 0 saturated heterocycles. The molecule has 34 heavy (non-hydrogen) atoms. The van der Waals surface area contributed by atoms with Crippen molar-refractivity contribution in [3.05, 3.63) is 52.3 Å². The van der Waals surface area contributed by atoms with Crippen molar-refractivity contribution in [2.75, 3.05) is 26.1 Å². The summed E-state index contributed by atoms with van der Waals surface area (Å²) < 4.78 is 11.3.